The fourth-order valence-corrected chi connectivity index (χ4v) is 3.78. The molecule has 9 heteroatoms. The van der Waals surface area contributed by atoms with Crippen LogP contribution in [0.3, 0.4) is 0 Å². The Bertz CT molecular complexity index is 526. The number of imide groups is 2. The van der Waals surface area contributed by atoms with Crippen molar-refractivity contribution in [2.75, 3.05) is 0 Å². The molecule has 2 aliphatic carbocycles. The van der Waals surface area contributed by atoms with Gasteiger partial charge in [-0.3, -0.25) is 29.8 Å². The molecule has 2 saturated heterocycles. The Balaban J connectivity index is 0.000000152. The molecule has 0 radical (unpaired) electrons. The predicted molar refractivity (Wildman–Crippen MR) is 94.1 cm³/mol. The second-order valence-corrected chi connectivity index (χ2v) is 7.55. The summed E-state index contributed by atoms with van der Waals surface area (Å²) in [4.78, 5) is 43.5. The van der Waals surface area contributed by atoms with Gasteiger partial charge in [0.2, 0.25) is 23.6 Å². The van der Waals surface area contributed by atoms with Crippen molar-refractivity contribution in [1.82, 2.24) is 10.6 Å². The highest BCUT2D eigenvalue weighted by Gasteiger charge is 2.55. The van der Waals surface area contributed by atoms with Gasteiger partial charge in [-0.05, 0) is 31.1 Å². The Morgan fingerprint density at radius 3 is 1.70 bits per heavy atom. The van der Waals surface area contributed by atoms with Gasteiger partial charge in [-0.15, -0.1) is 0 Å². The number of carbonyl (C=O) groups excluding carboxylic acids is 4. The first-order valence-corrected chi connectivity index (χ1v) is 11.9. The van der Waals surface area contributed by atoms with Gasteiger partial charge in [-0.2, -0.15) is 0 Å². The van der Waals surface area contributed by atoms with Crippen LogP contribution in [0.5, 0.6) is 0 Å². The van der Waals surface area contributed by atoms with Crippen LogP contribution in [-0.4, -0.2) is 28.5 Å². The van der Waals surface area contributed by atoms with Crippen LogP contribution in [0.1, 0.15) is 44.9 Å². The Morgan fingerprint density at radius 1 is 0.783 bits per heavy atom. The van der Waals surface area contributed by atoms with Crippen molar-refractivity contribution in [2.45, 2.75) is 49.8 Å². The first kappa shape index (κ1) is 19.1. The molecule has 0 aromatic rings. The molecule has 1 atom stereocenters. The number of rotatable bonds is 0. The van der Waals surface area contributed by atoms with Crippen LogP contribution in [0, 0.1) is 10.8 Å². The second kappa shape index (κ2) is 7.31. The largest absolute Gasteiger partial charge is 0.296 e. The summed E-state index contributed by atoms with van der Waals surface area (Å²) in [5, 5.41) is 4.60. The lowest BCUT2D eigenvalue weighted by Crippen LogP contribution is -2.47. The van der Waals surface area contributed by atoms with E-state index in [1.54, 1.807) is 0 Å². The number of nitrogens with one attached hydrogen (secondary N) is 2. The maximum absolute atomic E-state index is 11.1. The van der Waals surface area contributed by atoms with E-state index in [4.69, 9.17) is 0 Å². The second-order valence-electron chi connectivity index (χ2n) is 6.64. The van der Waals surface area contributed by atoms with Crippen molar-refractivity contribution < 1.29 is 19.2 Å². The maximum Gasteiger partial charge on any atom is 0.240 e. The van der Waals surface area contributed by atoms with Crippen molar-refractivity contribution >= 4 is 67.8 Å². The Labute approximate surface area is 157 Å². The standard InChI is InChI=1S/C7H8BrNO2.C7H9NO2.Br2/c8-5-6(11)9-4(10)3-7(5)1-2-7;9-5-3-7(1-2-7)4-6(10)8-5;1-2/h5H,1-3H2,(H,9,10,11);1-4H2,(H,8,9,10);. The third-order valence-electron chi connectivity index (χ3n) is 4.74. The molecule has 23 heavy (non-hydrogen) atoms. The predicted octanol–water partition coefficient (Wildman–Crippen LogP) is 2.47. The summed E-state index contributed by atoms with van der Waals surface area (Å²) < 4.78 is 0. The molecule has 0 bridgehead atoms. The molecule has 0 aromatic heterocycles. The Morgan fingerprint density at radius 2 is 1.26 bits per heavy atom. The van der Waals surface area contributed by atoms with Crippen LogP contribution >= 0.6 is 44.2 Å². The SMILES string of the molecule is BrBr.O=C1CC2(CC2)C(Br)C(=O)N1.O=C1CC2(CC2)CC(=O)N1. The van der Waals surface area contributed by atoms with Crippen LogP contribution in [0.25, 0.3) is 0 Å². The molecule has 2 aliphatic heterocycles. The van der Waals surface area contributed by atoms with Crippen LogP contribution < -0.4 is 10.6 Å². The lowest BCUT2D eigenvalue weighted by molar-refractivity contribution is -0.136. The van der Waals surface area contributed by atoms with Crippen molar-refractivity contribution in [3.05, 3.63) is 0 Å². The molecule has 1 unspecified atom stereocenters. The van der Waals surface area contributed by atoms with Gasteiger partial charge in [0.25, 0.3) is 0 Å². The number of halogens is 3. The molecule has 0 aromatic carbocycles. The summed E-state index contributed by atoms with van der Waals surface area (Å²) in [6, 6.07) is 0. The summed E-state index contributed by atoms with van der Waals surface area (Å²) in [5.41, 5.74) is 0.0961. The minimum atomic E-state index is -0.168. The lowest BCUT2D eigenvalue weighted by Gasteiger charge is -2.25. The van der Waals surface area contributed by atoms with Gasteiger partial charge in [0.1, 0.15) is 0 Å². The zero-order valence-corrected chi connectivity index (χ0v) is 17.1. The van der Waals surface area contributed by atoms with E-state index >= 15 is 0 Å². The average molecular weight is 517 g/mol. The molecule has 2 N–H and O–H groups in total. The van der Waals surface area contributed by atoms with E-state index in [0.717, 1.165) is 25.7 Å². The maximum atomic E-state index is 11.1. The van der Waals surface area contributed by atoms with E-state index in [1.165, 1.54) is 0 Å². The topological polar surface area (TPSA) is 92.3 Å². The molecule has 4 rings (SSSR count). The van der Waals surface area contributed by atoms with E-state index < -0.39 is 0 Å². The number of alkyl halides is 1. The first-order chi connectivity index (χ1) is 10.8. The monoisotopic (exact) mass is 514 g/mol. The van der Waals surface area contributed by atoms with Gasteiger partial charge in [-0.1, -0.05) is 15.9 Å². The smallest absolute Gasteiger partial charge is 0.240 e. The normalized spacial score (nSPS) is 28.7. The molecule has 2 saturated carbocycles. The summed E-state index contributed by atoms with van der Waals surface area (Å²) in [5.74, 6) is -0.468. The van der Waals surface area contributed by atoms with Crippen LogP contribution in [-0.2, 0) is 19.2 Å². The lowest BCUT2D eigenvalue weighted by atomic mass is 9.94. The van der Waals surface area contributed by atoms with Crippen molar-refractivity contribution in [3.8, 4) is 0 Å². The highest BCUT2D eigenvalue weighted by atomic mass is 80.9. The van der Waals surface area contributed by atoms with Crippen LogP contribution in [0.15, 0.2) is 0 Å². The average Bonchev–Trinajstić information content (AvgIpc) is 3.39. The number of carbonyl (C=O) groups is 4. The summed E-state index contributed by atoms with van der Waals surface area (Å²) in [6.07, 6.45) is 5.77. The summed E-state index contributed by atoms with van der Waals surface area (Å²) in [7, 11) is 0. The highest BCUT2D eigenvalue weighted by molar-refractivity contribution is 9.93. The van der Waals surface area contributed by atoms with E-state index in [9.17, 15) is 19.2 Å². The Hall–Kier alpha value is -0.280. The Kier molecular flexibility index (Phi) is 6.05. The van der Waals surface area contributed by atoms with Crippen LogP contribution in [0.4, 0.5) is 0 Å². The van der Waals surface area contributed by atoms with Crippen LogP contribution in [0.2, 0.25) is 0 Å². The van der Waals surface area contributed by atoms with Crippen molar-refractivity contribution in [1.29, 1.82) is 0 Å². The van der Waals surface area contributed by atoms with Gasteiger partial charge in [0, 0.05) is 52.9 Å². The molecule has 2 heterocycles. The fourth-order valence-electron chi connectivity index (χ4n) is 3.04. The quantitative estimate of drug-likeness (QED) is 0.382. The molecule has 4 amide bonds. The molecule has 128 valence electrons. The zero-order chi connectivity index (χ0) is 17.3. The number of piperidine rings is 2. The third-order valence-corrected chi connectivity index (χ3v) is 6.13. The minimum absolute atomic E-state index is 0.0145. The third kappa shape index (κ3) is 4.63. The van der Waals surface area contributed by atoms with E-state index in [1.807, 2.05) is 0 Å². The molecule has 6 nitrogen and oxygen atoms in total. The number of hydrogen-bond acceptors (Lipinski definition) is 4. The van der Waals surface area contributed by atoms with E-state index in [0.29, 0.717) is 19.3 Å². The molecular weight excluding hydrogens is 500 g/mol. The molecule has 4 fully saturated rings. The minimum Gasteiger partial charge on any atom is -0.296 e. The molecule has 4 aliphatic rings. The zero-order valence-electron chi connectivity index (χ0n) is 12.3. The number of amides is 4. The van der Waals surface area contributed by atoms with Gasteiger partial charge in [-0.25, -0.2) is 0 Å². The van der Waals surface area contributed by atoms with Crippen molar-refractivity contribution in [2.24, 2.45) is 10.8 Å². The number of hydrogen-bond donors (Lipinski definition) is 2. The van der Waals surface area contributed by atoms with Crippen molar-refractivity contribution in [3.63, 3.8) is 0 Å². The fraction of sp³-hybridized carbons (Fsp3) is 0.714. The van der Waals surface area contributed by atoms with E-state index in [2.05, 4.69) is 54.8 Å². The van der Waals surface area contributed by atoms with Gasteiger partial charge < -0.3 is 0 Å². The summed E-state index contributed by atoms with van der Waals surface area (Å²) in [6.45, 7) is 0. The van der Waals surface area contributed by atoms with Gasteiger partial charge >= 0.3 is 0 Å². The van der Waals surface area contributed by atoms with E-state index in [-0.39, 0.29) is 39.3 Å². The first-order valence-electron chi connectivity index (χ1n) is 7.29. The molecule has 2 spiro atoms. The van der Waals surface area contributed by atoms with Gasteiger partial charge in [0.15, 0.2) is 0 Å². The van der Waals surface area contributed by atoms with Gasteiger partial charge in [0.05, 0.1) is 4.83 Å². The summed E-state index contributed by atoms with van der Waals surface area (Å²) >= 11 is 8.80. The highest BCUT2D eigenvalue weighted by Crippen LogP contribution is 2.55. The molecular formula is C14H17Br3N2O4.